The first-order valence-electron chi connectivity index (χ1n) is 4.86. The van der Waals surface area contributed by atoms with Gasteiger partial charge in [-0.25, -0.2) is 4.39 Å². The second-order valence-corrected chi connectivity index (χ2v) is 3.51. The van der Waals surface area contributed by atoms with E-state index >= 15 is 0 Å². The van der Waals surface area contributed by atoms with Crippen molar-refractivity contribution in [1.82, 2.24) is 9.78 Å². The van der Waals surface area contributed by atoms with Gasteiger partial charge in [0, 0.05) is 6.04 Å². The van der Waals surface area contributed by atoms with E-state index in [1.54, 1.807) is 11.6 Å². The third-order valence-electron chi connectivity index (χ3n) is 2.38. The van der Waals surface area contributed by atoms with E-state index in [0.717, 1.165) is 6.42 Å². The van der Waals surface area contributed by atoms with Crippen LogP contribution in [0.4, 0.5) is 4.39 Å². The Labute approximate surface area is 78.8 Å². The van der Waals surface area contributed by atoms with Crippen molar-refractivity contribution in [2.24, 2.45) is 0 Å². The minimum absolute atomic E-state index is 0.205. The van der Waals surface area contributed by atoms with Crippen molar-refractivity contribution in [2.45, 2.75) is 46.1 Å². The summed E-state index contributed by atoms with van der Waals surface area (Å²) in [6, 6.07) is 0.310. The molecule has 3 heteroatoms. The molecule has 1 aromatic heterocycles. The predicted molar refractivity (Wildman–Crippen MR) is 51.2 cm³/mol. The molecule has 1 unspecified atom stereocenters. The molecule has 0 amide bonds. The molecule has 74 valence electrons. The van der Waals surface area contributed by atoms with E-state index in [0.29, 0.717) is 11.7 Å². The Morgan fingerprint density at radius 2 is 2.31 bits per heavy atom. The Hall–Kier alpha value is -0.860. The fraction of sp³-hybridized carbons (Fsp3) is 0.700. The number of halogens is 1. The normalized spacial score (nSPS) is 13.2. The highest BCUT2D eigenvalue weighted by Gasteiger charge is 2.10. The molecule has 0 fully saturated rings. The summed E-state index contributed by atoms with van der Waals surface area (Å²) in [5.41, 5.74) is 0.642. The Bertz CT molecular complexity index is 268. The van der Waals surface area contributed by atoms with E-state index in [1.165, 1.54) is 19.0 Å². The van der Waals surface area contributed by atoms with Crippen molar-refractivity contribution in [3.8, 4) is 0 Å². The quantitative estimate of drug-likeness (QED) is 0.703. The topological polar surface area (TPSA) is 17.8 Å². The molecule has 1 atom stereocenters. The van der Waals surface area contributed by atoms with Gasteiger partial charge in [0.25, 0.3) is 0 Å². The Balaban J connectivity index is 2.65. The maximum atomic E-state index is 12.9. The zero-order chi connectivity index (χ0) is 9.84. The Morgan fingerprint density at radius 1 is 1.62 bits per heavy atom. The highest BCUT2D eigenvalue weighted by molar-refractivity contribution is 5.01. The van der Waals surface area contributed by atoms with Gasteiger partial charge >= 0.3 is 0 Å². The molecule has 2 nitrogen and oxygen atoms in total. The number of hydrogen-bond donors (Lipinski definition) is 0. The molecule has 0 spiro atoms. The van der Waals surface area contributed by atoms with Gasteiger partial charge < -0.3 is 0 Å². The average Bonchev–Trinajstić information content (AvgIpc) is 2.44. The van der Waals surface area contributed by atoms with Gasteiger partial charge in [-0.05, 0) is 20.3 Å². The van der Waals surface area contributed by atoms with Crippen LogP contribution in [0.25, 0.3) is 0 Å². The summed E-state index contributed by atoms with van der Waals surface area (Å²) in [5, 5.41) is 4.01. The molecule has 0 saturated heterocycles. The molecule has 1 heterocycles. The van der Waals surface area contributed by atoms with Crippen LogP contribution in [0.5, 0.6) is 0 Å². The minimum atomic E-state index is -0.205. The van der Waals surface area contributed by atoms with Crippen molar-refractivity contribution >= 4 is 0 Å². The summed E-state index contributed by atoms with van der Waals surface area (Å²) >= 11 is 0. The molecule has 1 rings (SSSR count). The molecule has 0 bridgehead atoms. The lowest BCUT2D eigenvalue weighted by molar-refractivity contribution is 0.432. The van der Waals surface area contributed by atoms with Crippen molar-refractivity contribution in [3.05, 3.63) is 17.7 Å². The number of rotatable bonds is 4. The van der Waals surface area contributed by atoms with Gasteiger partial charge in [0.1, 0.15) is 0 Å². The van der Waals surface area contributed by atoms with Gasteiger partial charge in [0.15, 0.2) is 5.82 Å². The molecule has 0 aromatic carbocycles. The number of nitrogens with zero attached hydrogens (tertiary/aromatic N) is 2. The van der Waals surface area contributed by atoms with Crippen LogP contribution in [-0.2, 0) is 0 Å². The fourth-order valence-corrected chi connectivity index (χ4v) is 1.47. The Morgan fingerprint density at radius 3 is 2.77 bits per heavy atom. The van der Waals surface area contributed by atoms with E-state index in [9.17, 15) is 4.39 Å². The number of hydrogen-bond acceptors (Lipinski definition) is 1. The third-order valence-corrected chi connectivity index (χ3v) is 2.38. The van der Waals surface area contributed by atoms with E-state index in [1.807, 2.05) is 0 Å². The van der Waals surface area contributed by atoms with Crippen LogP contribution in [0.15, 0.2) is 6.20 Å². The van der Waals surface area contributed by atoms with Crippen LogP contribution in [-0.4, -0.2) is 9.78 Å². The lowest BCUT2D eigenvalue weighted by Gasteiger charge is -2.13. The SMILES string of the molecule is CCCCC(C)n1ncc(F)c1C. The lowest BCUT2D eigenvalue weighted by atomic mass is 10.1. The molecule has 0 radical (unpaired) electrons. The van der Waals surface area contributed by atoms with E-state index in [2.05, 4.69) is 18.9 Å². The first-order valence-corrected chi connectivity index (χ1v) is 4.86. The summed E-state index contributed by atoms with van der Waals surface area (Å²) < 4.78 is 14.7. The molecule has 0 saturated carbocycles. The van der Waals surface area contributed by atoms with Crippen LogP contribution in [0.2, 0.25) is 0 Å². The third kappa shape index (κ3) is 2.29. The van der Waals surface area contributed by atoms with Crippen LogP contribution < -0.4 is 0 Å². The van der Waals surface area contributed by atoms with Gasteiger partial charge in [0.05, 0.1) is 11.9 Å². The van der Waals surface area contributed by atoms with Crippen molar-refractivity contribution in [1.29, 1.82) is 0 Å². The van der Waals surface area contributed by atoms with Crippen molar-refractivity contribution < 1.29 is 4.39 Å². The summed E-state index contributed by atoms with van der Waals surface area (Å²) in [6.45, 7) is 6.00. The monoisotopic (exact) mass is 184 g/mol. The largest absolute Gasteiger partial charge is 0.264 e. The maximum Gasteiger partial charge on any atom is 0.163 e. The average molecular weight is 184 g/mol. The molecular weight excluding hydrogens is 167 g/mol. The smallest absolute Gasteiger partial charge is 0.163 e. The van der Waals surface area contributed by atoms with Gasteiger partial charge in [0.2, 0.25) is 0 Å². The van der Waals surface area contributed by atoms with E-state index in [-0.39, 0.29) is 5.82 Å². The molecule has 13 heavy (non-hydrogen) atoms. The second-order valence-electron chi connectivity index (χ2n) is 3.51. The Kier molecular flexibility index (Phi) is 3.46. The molecular formula is C10H17FN2. The van der Waals surface area contributed by atoms with Crippen molar-refractivity contribution in [2.75, 3.05) is 0 Å². The zero-order valence-corrected chi connectivity index (χ0v) is 8.55. The summed E-state index contributed by atoms with van der Waals surface area (Å²) in [6.07, 6.45) is 4.70. The molecule has 0 aliphatic rings. The van der Waals surface area contributed by atoms with E-state index < -0.39 is 0 Å². The first-order chi connectivity index (χ1) is 6.16. The first kappa shape index (κ1) is 10.2. The predicted octanol–water partition coefficient (Wildman–Crippen LogP) is 3.08. The summed E-state index contributed by atoms with van der Waals surface area (Å²) in [5.74, 6) is -0.205. The van der Waals surface area contributed by atoms with Crippen LogP contribution in [0.3, 0.4) is 0 Å². The number of unbranched alkanes of at least 4 members (excludes halogenated alkanes) is 1. The maximum absolute atomic E-state index is 12.9. The van der Waals surface area contributed by atoms with E-state index in [4.69, 9.17) is 0 Å². The standard InChI is InChI=1S/C10H17FN2/c1-4-5-6-8(2)13-9(3)10(11)7-12-13/h7-8H,4-6H2,1-3H3. The zero-order valence-electron chi connectivity index (χ0n) is 8.55. The molecule has 1 aromatic rings. The van der Waals surface area contributed by atoms with Crippen LogP contribution >= 0.6 is 0 Å². The van der Waals surface area contributed by atoms with Crippen LogP contribution in [0.1, 0.15) is 44.8 Å². The summed E-state index contributed by atoms with van der Waals surface area (Å²) in [4.78, 5) is 0. The van der Waals surface area contributed by atoms with Gasteiger partial charge in [-0.15, -0.1) is 0 Å². The number of aromatic nitrogens is 2. The van der Waals surface area contributed by atoms with Crippen molar-refractivity contribution in [3.63, 3.8) is 0 Å². The van der Waals surface area contributed by atoms with Crippen LogP contribution in [0, 0.1) is 12.7 Å². The van der Waals surface area contributed by atoms with Gasteiger partial charge in [-0.2, -0.15) is 5.10 Å². The fourth-order valence-electron chi connectivity index (χ4n) is 1.47. The van der Waals surface area contributed by atoms with Gasteiger partial charge in [-0.3, -0.25) is 4.68 Å². The molecule has 0 aliphatic carbocycles. The molecule has 0 aliphatic heterocycles. The minimum Gasteiger partial charge on any atom is -0.264 e. The lowest BCUT2D eigenvalue weighted by Crippen LogP contribution is -2.08. The molecule has 0 N–H and O–H groups in total. The summed E-state index contributed by atoms with van der Waals surface area (Å²) in [7, 11) is 0. The second kappa shape index (κ2) is 4.40. The highest BCUT2D eigenvalue weighted by Crippen LogP contribution is 2.16. The van der Waals surface area contributed by atoms with Gasteiger partial charge in [-0.1, -0.05) is 19.8 Å². The highest BCUT2D eigenvalue weighted by atomic mass is 19.1.